The maximum Gasteiger partial charge on any atom is 0.0175 e. The molecule has 0 saturated heterocycles. The summed E-state index contributed by atoms with van der Waals surface area (Å²) in [5.41, 5.74) is 4.42. The highest BCUT2D eigenvalue weighted by Gasteiger charge is 2.10. The van der Waals surface area contributed by atoms with Crippen LogP contribution in [0.3, 0.4) is 0 Å². The molecular formula is C13H24N2. The fourth-order valence-corrected chi connectivity index (χ4v) is 1.76. The average Bonchev–Trinajstić information content (AvgIpc) is 2.32. The highest BCUT2D eigenvalue weighted by atomic mass is 15.0. The Morgan fingerprint density at radius 2 is 1.87 bits per heavy atom. The minimum atomic E-state index is 0.220. The van der Waals surface area contributed by atoms with Crippen LogP contribution in [0.25, 0.3) is 0 Å². The molecule has 1 rings (SSSR count). The second kappa shape index (κ2) is 4.40. The van der Waals surface area contributed by atoms with Crippen LogP contribution in [0.15, 0.2) is 6.07 Å². The summed E-state index contributed by atoms with van der Waals surface area (Å²) in [5.74, 6) is 0. The molecule has 0 saturated carbocycles. The van der Waals surface area contributed by atoms with Gasteiger partial charge in [0, 0.05) is 24.0 Å². The second-order valence-corrected chi connectivity index (χ2v) is 5.38. The lowest BCUT2D eigenvalue weighted by Gasteiger charge is -2.20. The number of aromatic nitrogens is 1. The number of nitrogens with zero attached hydrogens (tertiary/aromatic N) is 1. The smallest absolute Gasteiger partial charge is 0.0175 e. The Labute approximate surface area is 93.7 Å². The van der Waals surface area contributed by atoms with Crippen molar-refractivity contribution >= 4 is 0 Å². The Morgan fingerprint density at radius 3 is 2.27 bits per heavy atom. The number of hydrogen-bond donors (Lipinski definition) is 1. The van der Waals surface area contributed by atoms with Gasteiger partial charge in [-0.3, -0.25) is 0 Å². The van der Waals surface area contributed by atoms with E-state index in [1.165, 1.54) is 17.0 Å². The van der Waals surface area contributed by atoms with E-state index < -0.39 is 0 Å². The van der Waals surface area contributed by atoms with Gasteiger partial charge in [0.25, 0.3) is 0 Å². The Hall–Kier alpha value is -0.760. The zero-order valence-electron chi connectivity index (χ0n) is 10.9. The molecule has 0 aliphatic heterocycles. The van der Waals surface area contributed by atoms with E-state index in [0.717, 1.165) is 13.0 Å². The van der Waals surface area contributed by atoms with Gasteiger partial charge in [0.2, 0.25) is 0 Å². The van der Waals surface area contributed by atoms with Crippen molar-refractivity contribution in [1.82, 2.24) is 9.88 Å². The van der Waals surface area contributed by atoms with Crippen LogP contribution in [-0.2, 0) is 13.5 Å². The third-order valence-electron chi connectivity index (χ3n) is 2.93. The van der Waals surface area contributed by atoms with Crippen LogP contribution in [0, 0.1) is 13.8 Å². The van der Waals surface area contributed by atoms with Crippen LogP contribution >= 0.6 is 0 Å². The molecule has 86 valence electrons. The maximum absolute atomic E-state index is 3.52. The molecule has 0 aliphatic carbocycles. The van der Waals surface area contributed by atoms with Crippen molar-refractivity contribution < 1.29 is 0 Å². The van der Waals surface area contributed by atoms with Crippen molar-refractivity contribution in [2.75, 3.05) is 6.54 Å². The van der Waals surface area contributed by atoms with Gasteiger partial charge in [0.15, 0.2) is 0 Å². The normalized spacial score (nSPS) is 12.1. The van der Waals surface area contributed by atoms with Crippen LogP contribution in [0.2, 0.25) is 0 Å². The lowest BCUT2D eigenvalue weighted by molar-refractivity contribution is 0.429. The lowest BCUT2D eigenvalue weighted by Crippen LogP contribution is -2.37. The largest absolute Gasteiger partial charge is 0.352 e. The summed E-state index contributed by atoms with van der Waals surface area (Å²) in [5, 5.41) is 3.52. The van der Waals surface area contributed by atoms with E-state index in [9.17, 15) is 0 Å². The molecule has 1 aromatic heterocycles. The summed E-state index contributed by atoms with van der Waals surface area (Å²) < 4.78 is 2.26. The first-order valence-electron chi connectivity index (χ1n) is 5.68. The summed E-state index contributed by atoms with van der Waals surface area (Å²) in [6.45, 7) is 12.0. The maximum atomic E-state index is 3.52. The van der Waals surface area contributed by atoms with Crippen molar-refractivity contribution in [2.24, 2.45) is 7.05 Å². The molecule has 0 spiro atoms. The summed E-state index contributed by atoms with van der Waals surface area (Å²) in [4.78, 5) is 0. The first kappa shape index (κ1) is 12.3. The van der Waals surface area contributed by atoms with Crippen molar-refractivity contribution in [3.05, 3.63) is 23.0 Å². The van der Waals surface area contributed by atoms with Gasteiger partial charge in [0.05, 0.1) is 0 Å². The first-order chi connectivity index (χ1) is 6.81. The predicted octanol–water partition coefficient (Wildman–Crippen LogP) is 2.57. The summed E-state index contributed by atoms with van der Waals surface area (Å²) in [7, 11) is 2.13. The molecule has 1 N–H and O–H groups in total. The quantitative estimate of drug-likeness (QED) is 0.808. The number of nitrogens with one attached hydrogen (secondary N) is 1. The molecular weight excluding hydrogens is 184 g/mol. The van der Waals surface area contributed by atoms with E-state index in [0.29, 0.717) is 0 Å². The minimum Gasteiger partial charge on any atom is -0.352 e. The number of hydrogen-bond acceptors (Lipinski definition) is 1. The second-order valence-electron chi connectivity index (χ2n) is 5.38. The first-order valence-corrected chi connectivity index (χ1v) is 5.68. The summed E-state index contributed by atoms with van der Waals surface area (Å²) >= 11 is 0. The molecule has 0 aliphatic rings. The van der Waals surface area contributed by atoms with E-state index in [4.69, 9.17) is 0 Å². The van der Waals surface area contributed by atoms with Gasteiger partial charge in [-0.05, 0) is 59.2 Å². The summed E-state index contributed by atoms with van der Waals surface area (Å²) in [6, 6.07) is 2.29. The molecule has 0 radical (unpaired) electrons. The Balaban J connectivity index is 2.55. The van der Waals surface area contributed by atoms with Crippen LogP contribution < -0.4 is 5.32 Å². The van der Waals surface area contributed by atoms with E-state index in [1.54, 1.807) is 0 Å². The monoisotopic (exact) mass is 208 g/mol. The Morgan fingerprint density at radius 1 is 1.27 bits per heavy atom. The third kappa shape index (κ3) is 3.38. The molecule has 1 heterocycles. The van der Waals surface area contributed by atoms with Gasteiger partial charge >= 0.3 is 0 Å². The van der Waals surface area contributed by atoms with Crippen LogP contribution in [0.4, 0.5) is 0 Å². The fourth-order valence-electron chi connectivity index (χ4n) is 1.76. The topological polar surface area (TPSA) is 17.0 Å². The minimum absolute atomic E-state index is 0.220. The van der Waals surface area contributed by atoms with Crippen LogP contribution in [0.5, 0.6) is 0 Å². The van der Waals surface area contributed by atoms with Gasteiger partial charge < -0.3 is 9.88 Å². The average molecular weight is 208 g/mol. The summed E-state index contributed by atoms with van der Waals surface area (Å²) in [6.07, 6.45) is 1.12. The zero-order valence-corrected chi connectivity index (χ0v) is 10.9. The van der Waals surface area contributed by atoms with Crippen LogP contribution in [-0.4, -0.2) is 16.7 Å². The Kier molecular flexibility index (Phi) is 3.61. The molecule has 1 aromatic rings. The molecule has 15 heavy (non-hydrogen) atoms. The molecule has 0 atom stereocenters. The molecule has 0 fully saturated rings. The molecule has 0 aromatic carbocycles. The van der Waals surface area contributed by atoms with E-state index in [1.807, 2.05) is 0 Å². The molecule has 0 unspecified atom stereocenters. The lowest BCUT2D eigenvalue weighted by atomic mass is 10.1. The predicted molar refractivity (Wildman–Crippen MR) is 66.3 cm³/mol. The van der Waals surface area contributed by atoms with Gasteiger partial charge in [-0.1, -0.05) is 0 Å². The number of aryl methyl sites for hydroxylation is 1. The van der Waals surface area contributed by atoms with Gasteiger partial charge in [0.1, 0.15) is 0 Å². The highest BCUT2D eigenvalue weighted by Crippen LogP contribution is 2.13. The van der Waals surface area contributed by atoms with Crippen molar-refractivity contribution in [2.45, 2.75) is 46.6 Å². The van der Waals surface area contributed by atoms with Crippen molar-refractivity contribution in [3.8, 4) is 0 Å². The van der Waals surface area contributed by atoms with E-state index in [-0.39, 0.29) is 5.54 Å². The zero-order chi connectivity index (χ0) is 11.6. The standard InChI is InChI=1S/C13H24N2/c1-10-9-12(11(2)15(10)6)7-8-14-13(3,4)5/h9,14H,7-8H2,1-6H3. The van der Waals surface area contributed by atoms with Crippen molar-refractivity contribution in [3.63, 3.8) is 0 Å². The van der Waals surface area contributed by atoms with E-state index >= 15 is 0 Å². The Bertz CT molecular complexity index is 329. The molecule has 0 amide bonds. The highest BCUT2D eigenvalue weighted by molar-refractivity contribution is 5.26. The molecule has 0 bridgehead atoms. The van der Waals surface area contributed by atoms with Crippen LogP contribution in [0.1, 0.15) is 37.7 Å². The molecule has 2 nitrogen and oxygen atoms in total. The molecule has 2 heteroatoms. The fraction of sp³-hybridized carbons (Fsp3) is 0.692. The van der Waals surface area contributed by atoms with Gasteiger partial charge in [-0.25, -0.2) is 0 Å². The van der Waals surface area contributed by atoms with Crippen molar-refractivity contribution in [1.29, 1.82) is 0 Å². The number of rotatable bonds is 3. The van der Waals surface area contributed by atoms with Gasteiger partial charge in [-0.2, -0.15) is 0 Å². The SMILES string of the molecule is Cc1cc(CCNC(C)(C)C)c(C)n1C. The van der Waals surface area contributed by atoms with E-state index in [2.05, 4.69) is 57.6 Å². The third-order valence-corrected chi connectivity index (χ3v) is 2.93. The van der Waals surface area contributed by atoms with Gasteiger partial charge in [-0.15, -0.1) is 0 Å².